The summed E-state index contributed by atoms with van der Waals surface area (Å²) in [7, 11) is 1.28. The zero-order valence-electron chi connectivity index (χ0n) is 17.8. The van der Waals surface area contributed by atoms with Crippen LogP contribution in [0.4, 0.5) is 20.3 Å². The molecule has 9 nitrogen and oxygen atoms in total. The van der Waals surface area contributed by atoms with Gasteiger partial charge in [0.15, 0.2) is 11.5 Å². The normalized spacial score (nSPS) is 17.9. The van der Waals surface area contributed by atoms with E-state index < -0.39 is 24.9 Å². The number of pyridine rings is 1. The number of nitrogens with zero attached hydrogens (tertiary/aromatic N) is 5. The monoisotopic (exact) mass is 443 g/mol. The van der Waals surface area contributed by atoms with Crippen molar-refractivity contribution >= 4 is 23.3 Å². The van der Waals surface area contributed by atoms with Gasteiger partial charge in [0.05, 0.1) is 30.3 Å². The minimum atomic E-state index is -2.64. The van der Waals surface area contributed by atoms with Crippen LogP contribution in [-0.2, 0) is 9.59 Å². The molecule has 11 heteroatoms. The van der Waals surface area contributed by atoms with Gasteiger partial charge < -0.3 is 15.5 Å². The zero-order chi connectivity index (χ0) is 23.4. The van der Waals surface area contributed by atoms with Crippen LogP contribution in [0.1, 0.15) is 26.0 Å². The smallest absolute Gasteiger partial charge is 0.255 e. The van der Waals surface area contributed by atoms with E-state index in [-0.39, 0.29) is 23.2 Å². The number of likely N-dealkylation sites (N-methyl/N-ethyl adjacent to an activating group) is 1. The highest BCUT2D eigenvalue weighted by molar-refractivity contribution is 5.93. The van der Waals surface area contributed by atoms with Gasteiger partial charge in [-0.1, -0.05) is 6.92 Å². The van der Waals surface area contributed by atoms with Crippen LogP contribution in [0.25, 0.3) is 11.3 Å². The van der Waals surface area contributed by atoms with Crippen molar-refractivity contribution in [2.75, 3.05) is 24.2 Å². The number of nitrogens with one attached hydrogen (secondary N) is 2. The molecule has 3 unspecified atom stereocenters. The van der Waals surface area contributed by atoms with E-state index in [0.717, 1.165) is 11.3 Å². The van der Waals surface area contributed by atoms with Crippen molar-refractivity contribution in [2.45, 2.75) is 32.7 Å². The van der Waals surface area contributed by atoms with Gasteiger partial charge in [-0.25, -0.2) is 18.7 Å². The molecular weight excluding hydrogens is 420 g/mol. The third-order valence-electron chi connectivity index (χ3n) is 5.17. The van der Waals surface area contributed by atoms with Gasteiger partial charge in [0, 0.05) is 24.7 Å². The Kier molecular flexibility index (Phi) is 6.92. The summed E-state index contributed by atoms with van der Waals surface area (Å²) in [5.41, 5.74) is 1.27. The van der Waals surface area contributed by atoms with E-state index in [1.54, 1.807) is 6.07 Å². The molecule has 1 saturated carbocycles. The molecule has 0 bridgehead atoms. The first kappa shape index (κ1) is 23.0. The van der Waals surface area contributed by atoms with E-state index >= 15 is 0 Å². The van der Waals surface area contributed by atoms with Gasteiger partial charge in [0.25, 0.3) is 6.43 Å². The van der Waals surface area contributed by atoms with Crippen molar-refractivity contribution in [2.24, 2.45) is 11.8 Å². The summed E-state index contributed by atoms with van der Waals surface area (Å²) in [5, 5.41) is 14.9. The summed E-state index contributed by atoms with van der Waals surface area (Å²) in [6, 6.07) is 2.64. The van der Waals surface area contributed by atoms with E-state index in [1.165, 1.54) is 32.6 Å². The van der Waals surface area contributed by atoms with Gasteiger partial charge >= 0.3 is 0 Å². The lowest BCUT2D eigenvalue weighted by Gasteiger charge is -2.22. The third kappa shape index (κ3) is 5.51. The van der Waals surface area contributed by atoms with Crippen molar-refractivity contribution in [3.05, 3.63) is 30.4 Å². The Hall–Kier alpha value is -3.68. The van der Waals surface area contributed by atoms with Crippen molar-refractivity contribution in [3.8, 4) is 17.3 Å². The third-order valence-corrected chi connectivity index (χ3v) is 5.17. The molecular formula is C21H23F2N7O2. The Morgan fingerprint density at radius 3 is 2.56 bits per heavy atom. The number of rotatable bonds is 8. The number of carbonyl (C=O) groups excluding carboxylic acids is 2. The molecule has 2 heterocycles. The molecule has 2 N–H and O–H groups in total. The molecule has 32 heavy (non-hydrogen) atoms. The quantitative estimate of drug-likeness (QED) is 0.642. The standard InChI is InChI=1S/C21H23F2N7O2/c1-11-4-14(11)20(31)29-19-9-26-17(8-27-19)13-5-15(16(6-24)25-7-13)28-12(2)21(32)30(3)10-18(22)23/h5,7-9,11-12,14,18,28H,4,10H2,1-3H3,(H,27,29,31). The Morgan fingerprint density at radius 2 is 2.00 bits per heavy atom. The number of hydrogen-bond acceptors (Lipinski definition) is 7. The molecule has 1 aliphatic rings. The molecule has 1 fully saturated rings. The molecule has 2 amide bonds. The Morgan fingerprint density at radius 1 is 1.28 bits per heavy atom. The summed E-state index contributed by atoms with van der Waals surface area (Å²) >= 11 is 0. The van der Waals surface area contributed by atoms with Crippen LogP contribution in [0.3, 0.4) is 0 Å². The van der Waals surface area contributed by atoms with Gasteiger partial charge in [-0.15, -0.1) is 0 Å². The van der Waals surface area contributed by atoms with E-state index in [4.69, 9.17) is 0 Å². The van der Waals surface area contributed by atoms with Crippen LogP contribution < -0.4 is 10.6 Å². The van der Waals surface area contributed by atoms with Gasteiger partial charge in [-0.2, -0.15) is 5.26 Å². The Balaban J connectivity index is 1.73. The van der Waals surface area contributed by atoms with Gasteiger partial charge in [0.1, 0.15) is 12.1 Å². The number of amides is 2. The van der Waals surface area contributed by atoms with Crippen molar-refractivity contribution in [1.29, 1.82) is 5.26 Å². The van der Waals surface area contributed by atoms with Crippen LogP contribution in [-0.4, -0.2) is 57.7 Å². The number of hydrogen-bond donors (Lipinski definition) is 2. The Bertz CT molecular complexity index is 1040. The second-order valence-corrected chi connectivity index (χ2v) is 7.80. The molecule has 0 spiro atoms. The van der Waals surface area contributed by atoms with E-state index in [9.17, 15) is 23.6 Å². The highest BCUT2D eigenvalue weighted by Crippen LogP contribution is 2.38. The molecule has 2 aromatic heterocycles. The van der Waals surface area contributed by atoms with E-state index in [1.807, 2.05) is 13.0 Å². The molecule has 2 aromatic rings. The second kappa shape index (κ2) is 9.64. The number of halogens is 2. The number of alkyl halides is 2. The SMILES string of the molecule is CC(Nc1cc(-c2cnc(NC(=O)C3CC3C)cn2)cnc1C#N)C(=O)N(C)CC(F)F. The fourth-order valence-electron chi connectivity index (χ4n) is 3.17. The fourth-order valence-corrected chi connectivity index (χ4v) is 3.17. The summed E-state index contributed by atoms with van der Waals surface area (Å²) in [4.78, 5) is 37.8. The average Bonchev–Trinajstić information content (AvgIpc) is 3.50. The van der Waals surface area contributed by atoms with Gasteiger partial charge in [0.2, 0.25) is 11.8 Å². The topological polar surface area (TPSA) is 124 Å². The van der Waals surface area contributed by atoms with Crippen LogP contribution in [0.5, 0.6) is 0 Å². The highest BCUT2D eigenvalue weighted by Gasteiger charge is 2.39. The maximum atomic E-state index is 12.5. The zero-order valence-corrected chi connectivity index (χ0v) is 17.8. The van der Waals surface area contributed by atoms with Crippen LogP contribution in [0, 0.1) is 23.2 Å². The Labute approximate surface area is 183 Å². The maximum Gasteiger partial charge on any atom is 0.255 e. The average molecular weight is 443 g/mol. The first-order valence-electron chi connectivity index (χ1n) is 10.0. The van der Waals surface area contributed by atoms with E-state index in [2.05, 4.69) is 25.6 Å². The number of nitriles is 1. The predicted molar refractivity (Wildman–Crippen MR) is 113 cm³/mol. The molecule has 3 atom stereocenters. The molecule has 0 saturated heterocycles. The summed E-state index contributed by atoms with van der Waals surface area (Å²) in [6.07, 6.45) is 2.55. The number of aromatic nitrogens is 3. The molecule has 0 aliphatic heterocycles. The van der Waals surface area contributed by atoms with Gasteiger partial charge in [-0.3, -0.25) is 14.6 Å². The predicted octanol–water partition coefficient (Wildman–Crippen LogP) is 2.53. The van der Waals surface area contributed by atoms with Crippen LogP contribution in [0.2, 0.25) is 0 Å². The van der Waals surface area contributed by atoms with Crippen molar-refractivity contribution in [3.63, 3.8) is 0 Å². The molecule has 1 aliphatic carbocycles. The number of anilines is 2. The van der Waals surface area contributed by atoms with Crippen LogP contribution >= 0.6 is 0 Å². The highest BCUT2D eigenvalue weighted by atomic mass is 19.3. The first-order chi connectivity index (χ1) is 15.2. The van der Waals surface area contributed by atoms with Crippen molar-refractivity contribution < 1.29 is 18.4 Å². The largest absolute Gasteiger partial charge is 0.372 e. The minimum absolute atomic E-state index is 0.0114. The summed E-state index contributed by atoms with van der Waals surface area (Å²) in [6.45, 7) is 2.83. The minimum Gasteiger partial charge on any atom is -0.372 e. The lowest BCUT2D eigenvalue weighted by molar-refractivity contribution is -0.132. The first-order valence-corrected chi connectivity index (χ1v) is 10.0. The lowest BCUT2D eigenvalue weighted by Crippen LogP contribution is -2.41. The van der Waals surface area contributed by atoms with Crippen molar-refractivity contribution in [1.82, 2.24) is 19.9 Å². The molecule has 0 aromatic carbocycles. The summed E-state index contributed by atoms with van der Waals surface area (Å²) < 4.78 is 25.1. The second-order valence-electron chi connectivity index (χ2n) is 7.80. The maximum absolute atomic E-state index is 12.5. The molecule has 3 rings (SSSR count). The molecule has 0 radical (unpaired) electrons. The number of carbonyl (C=O) groups is 2. The van der Waals surface area contributed by atoms with E-state index in [0.29, 0.717) is 23.0 Å². The lowest BCUT2D eigenvalue weighted by atomic mass is 10.1. The fraction of sp³-hybridized carbons (Fsp3) is 0.429. The summed E-state index contributed by atoms with van der Waals surface area (Å²) in [5.74, 6) is 0.0877. The van der Waals surface area contributed by atoms with Gasteiger partial charge in [-0.05, 0) is 25.3 Å². The molecule has 168 valence electrons. The van der Waals surface area contributed by atoms with Crippen LogP contribution in [0.15, 0.2) is 24.7 Å².